The van der Waals surface area contributed by atoms with E-state index in [-0.39, 0.29) is 48.3 Å². The van der Waals surface area contributed by atoms with Gasteiger partial charge in [-0.2, -0.15) is 0 Å². The summed E-state index contributed by atoms with van der Waals surface area (Å²) in [4.78, 5) is 53.2. The Labute approximate surface area is 216 Å². The van der Waals surface area contributed by atoms with Gasteiger partial charge in [-0.1, -0.05) is 48.6 Å². The van der Waals surface area contributed by atoms with Crippen molar-refractivity contribution in [1.29, 1.82) is 0 Å². The second-order valence-corrected chi connectivity index (χ2v) is 9.05. The number of aldehydes is 1. The molecule has 0 radical (unpaired) electrons. The molecule has 0 saturated carbocycles. The van der Waals surface area contributed by atoms with E-state index in [1.807, 2.05) is 6.07 Å². The summed E-state index contributed by atoms with van der Waals surface area (Å²) in [7, 11) is 0. The molecule has 8 nitrogen and oxygen atoms in total. The maximum absolute atomic E-state index is 14.1. The number of rotatable bonds is 7. The summed E-state index contributed by atoms with van der Waals surface area (Å²) >= 11 is 0. The Bertz CT molecular complexity index is 1500. The zero-order valence-electron chi connectivity index (χ0n) is 20.1. The Hall–Kier alpha value is -4.60. The lowest BCUT2D eigenvalue weighted by atomic mass is 10.1. The number of fused-ring (bicyclic) bond motifs is 4. The van der Waals surface area contributed by atoms with E-state index in [4.69, 9.17) is 4.74 Å². The maximum Gasteiger partial charge on any atom is 0.275 e. The molecular formula is C28H23F2N3O5. The van der Waals surface area contributed by atoms with E-state index in [1.165, 1.54) is 17.2 Å². The van der Waals surface area contributed by atoms with Gasteiger partial charge in [0.15, 0.2) is 11.4 Å². The number of hydrogen-bond acceptors (Lipinski definition) is 5. The molecule has 0 aliphatic carbocycles. The molecule has 3 heterocycles. The molecule has 2 atom stereocenters. The van der Waals surface area contributed by atoms with Gasteiger partial charge in [-0.05, 0) is 18.1 Å². The molecule has 10 heteroatoms. The number of carbonyl (C=O) groups is 3. The predicted molar refractivity (Wildman–Crippen MR) is 133 cm³/mol. The largest absolute Gasteiger partial charge is 0.483 e. The van der Waals surface area contributed by atoms with Crippen molar-refractivity contribution in [2.45, 2.75) is 31.7 Å². The summed E-state index contributed by atoms with van der Waals surface area (Å²) in [6.45, 7) is -0.125. The Morgan fingerprint density at radius 3 is 2.66 bits per heavy atom. The second kappa shape index (κ2) is 10.4. The van der Waals surface area contributed by atoms with Gasteiger partial charge in [0.25, 0.3) is 11.8 Å². The number of amides is 2. The summed E-state index contributed by atoms with van der Waals surface area (Å²) < 4.78 is 34.7. The van der Waals surface area contributed by atoms with Crippen molar-refractivity contribution >= 4 is 18.1 Å². The first-order chi connectivity index (χ1) is 18.4. The lowest BCUT2D eigenvalue weighted by molar-refractivity contribution is -0.110. The molecule has 0 spiro atoms. The fraction of sp³-hybridized carbons (Fsp3) is 0.214. The minimum Gasteiger partial charge on any atom is -0.483 e. The smallest absolute Gasteiger partial charge is 0.275 e. The van der Waals surface area contributed by atoms with E-state index in [0.29, 0.717) is 18.8 Å². The number of allylic oxidation sites excluding steroid dienone is 1. The van der Waals surface area contributed by atoms with Gasteiger partial charge in [-0.3, -0.25) is 14.4 Å². The van der Waals surface area contributed by atoms with Gasteiger partial charge in [-0.25, -0.2) is 8.78 Å². The van der Waals surface area contributed by atoms with Gasteiger partial charge in [0, 0.05) is 30.9 Å². The van der Waals surface area contributed by atoms with Crippen LogP contribution in [0.15, 0.2) is 71.7 Å². The highest BCUT2D eigenvalue weighted by Gasteiger charge is 2.39. The van der Waals surface area contributed by atoms with Crippen molar-refractivity contribution in [3.8, 4) is 5.75 Å². The highest BCUT2D eigenvalue weighted by molar-refractivity contribution is 6.00. The lowest BCUT2D eigenvalue weighted by Crippen LogP contribution is -2.49. The van der Waals surface area contributed by atoms with Crippen LogP contribution in [0.25, 0.3) is 0 Å². The van der Waals surface area contributed by atoms with E-state index in [0.717, 1.165) is 11.6 Å². The molecule has 38 heavy (non-hydrogen) atoms. The van der Waals surface area contributed by atoms with Gasteiger partial charge in [0.1, 0.15) is 36.1 Å². The van der Waals surface area contributed by atoms with Crippen LogP contribution in [0.2, 0.25) is 0 Å². The summed E-state index contributed by atoms with van der Waals surface area (Å²) in [5.41, 5.74) is -0.369. The van der Waals surface area contributed by atoms with E-state index in [2.05, 4.69) is 5.32 Å². The molecule has 0 fully saturated rings. The third-order valence-corrected chi connectivity index (χ3v) is 6.62. The molecule has 2 aliphatic rings. The van der Waals surface area contributed by atoms with Crippen LogP contribution in [0.4, 0.5) is 8.78 Å². The fourth-order valence-corrected chi connectivity index (χ4v) is 4.64. The zero-order chi connectivity index (χ0) is 26.8. The molecule has 194 valence electrons. The summed E-state index contributed by atoms with van der Waals surface area (Å²) in [5.74, 6) is -3.26. The van der Waals surface area contributed by atoms with E-state index < -0.39 is 34.9 Å². The third kappa shape index (κ3) is 4.72. The number of aromatic nitrogens is 1. The molecule has 2 bridgehead atoms. The number of nitrogens with zero attached hydrogens (tertiary/aromatic N) is 2. The number of benzene rings is 2. The van der Waals surface area contributed by atoms with Crippen molar-refractivity contribution in [2.24, 2.45) is 0 Å². The highest BCUT2D eigenvalue weighted by Crippen LogP contribution is 2.32. The number of hydrogen-bond donors (Lipinski definition) is 1. The van der Waals surface area contributed by atoms with Crippen LogP contribution in [0.3, 0.4) is 0 Å². The lowest BCUT2D eigenvalue weighted by Gasteiger charge is -2.37. The molecule has 0 saturated heterocycles. The van der Waals surface area contributed by atoms with Crippen LogP contribution >= 0.6 is 0 Å². The van der Waals surface area contributed by atoms with Gasteiger partial charge < -0.3 is 24.3 Å². The first-order valence-electron chi connectivity index (χ1n) is 12.0. The molecule has 2 aromatic carbocycles. The third-order valence-electron chi connectivity index (χ3n) is 6.62. The molecule has 2 amide bonds. The SMILES string of the molecule is O=C[C@H]1C=CC[C@H]2CN1C(=O)c1c(OCc3ccccc3)c(=O)c(C(=O)NCc3ccc(F)cc3F)cn12. The van der Waals surface area contributed by atoms with E-state index >= 15 is 0 Å². The maximum atomic E-state index is 14.1. The first-order valence-corrected chi connectivity index (χ1v) is 12.0. The average molecular weight is 520 g/mol. The number of halogens is 2. The van der Waals surface area contributed by atoms with Crippen molar-refractivity contribution in [1.82, 2.24) is 14.8 Å². The number of pyridine rings is 1. The Morgan fingerprint density at radius 2 is 1.92 bits per heavy atom. The Morgan fingerprint density at radius 1 is 1.13 bits per heavy atom. The molecule has 3 aromatic rings. The number of ether oxygens (including phenoxy) is 1. The van der Waals surface area contributed by atoms with Crippen LogP contribution in [0.5, 0.6) is 5.75 Å². The van der Waals surface area contributed by atoms with Crippen molar-refractivity contribution < 1.29 is 27.9 Å². The van der Waals surface area contributed by atoms with E-state index in [1.54, 1.807) is 41.0 Å². The zero-order valence-corrected chi connectivity index (χ0v) is 20.1. The average Bonchev–Trinajstić information content (AvgIpc) is 3.11. The molecule has 5 rings (SSSR count). The summed E-state index contributed by atoms with van der Waals surface area (Å²) in [5, 5.41) is 2.49. The molecular weight excluding hydrogens is 496 g/mol. The minimum absolute atomic E-state index is 0.0394. The number of carbonyl (C=O) groups excluding carboxylic acids is 3. The monoisotopic (exact) mass is 519 g/mol. The van der Waals surface area contributed by atoms with Crippen LogP contribution in [0, 0.1) is 11.6 Å². The van der Waals surface area contributed by atoms with Crippen LogP contribution in [-0.4, -0.2) is 40.2 Å². The Kier molecular flexibility index (Phi) is 6.87. The van der Waals surface area contributed by atoms with Crippen molar-refractivity contribution in [2.75, 3.05) is 6.54 Å². The molecule has 2 aliphatic heterocycles. The predicted octanol–water partition coefficient (Wildman–Crippen LogP) is 3.16. The summed E-state index contributed by atoms with van der Waals surface area (Å²) in [6, 6.07) is 10.8. The topological polar surface area (TPSA) is 97.7 Å². The van der Waals surface area contributed by atoms with Gasteiger partial charge in [-0.15, -0.1) is 0 Å². The van der Waals surface area contributed by atoms with Crippen LogP contribution in [-0.2, 0) is 17.9 Å². The Balaban J connectivity index is 1.54. The second-order valence-electron chi connectivity index (χ2n) is 9.05. The minimum atomic E-state index is -0.833. The normalized spacial score (nSPS) is 17.9. The van der Waals surface area contributed by atoms with Gasteiger partial charge in [0.05, 0.1) is 6.04 Å². The summed E-state index contributed by atoms with van der Waals surface area (Å²) in [6.07, 6.45) is 5.82. The van der Waals surface area contributed by atoms with Gasteiger partial charge >= 0.3 is 0 Å². The fourth-order valence-electron chi connectivity index (χ4n) is 4.64. The quantitative estimate of drug-likeness (QED) is 0.382. The highest BCUT2D eigenvalue weighted by atomic mass is 19.1. The molecule has 0 unspecified atom stereocenters. The van der Waals surface area contributed by atoms with Crippen molar-refractivity contribution in [3.63, 3.8) is 0 Å². The molecule has 1 N–H and O–H groups in total. The van der Waals surface area contributed by atoms with E-state index in [9.17, 15) is 28.0 Å². The molecule has 1 aromatic heterocycles. The standard InChI is InChI=1S/C28H23F2N3O5/c29-19-10-9-18(23(30)11-19)12-31-27(36)22-14-32-20-7-4-8-21(15-34)33(13-20)28(37)24(32)26(25(22)35)38-16-17-5-2-1-3-6-17/h1-6,8-11,14-15,20-21H,7,12-13,16H2,(H,31,36)/t20-,21+/m0/s1. The van der Waals surface area contributed by atoms with Crippen molar-refractivity contribution in [3.05, 3.63) is 111 Å². The van der Waals surface area contributed by atoms with Crippen LogP contribution < -0.4 is 15.5 Å². The number of nitrogens with one attached hydrogen (secondary N) is 1. The van der Waals surface area contributed by atoms with Crippen LogP contribution in [0.1, 0.15) is 44.4 Å². The van der Waals surface area contributed by atoms with Gasteiger partial charge in [0.2, 0.25) is 5.43 Å². The first kappa shape index (κ1) is 25.1.